The molecule has 2 rings (SSSR count). The van der Waals surface area contributed by atoms with E-state index >= 15 is 0 Å². The lowest BCUT2D eigenvalue weighted by Crippen LogP contribution is -2.49. The number of amides is 1. The maximum atomic E-state index is 11.8. The van der Waals surface area contributed by atoms with Gasteiger partial charge < -0.3 is 5.32 Å². The molecule has 0 bridgehead atoms. The zero-order valence-electron chi connectivity index (χ0n) is 12.4. The third-order valence-electron chi connectivity index (χ3n) is 3.30. The summed E-state index contributed by atoms with van der Waals surface area (Å²) in [4.78, 5) is 13.0. The fraction of sp³-hybridized carbons (Fsp3) is 0.429. The van der Waals surface area contributed by atoms with Crippen LogP contribution in [0.1, 0.15) is 6.42 Å². The van der Waals surface area contributed by atoms with Crippen molar-refractivity contribution in [1.82, 2.24) is 16.2 Å². The van der Waals surface area contributed by atoms with Crippen molar-refractivity contribution >= 4 is 44.8 Å². The standard InChI is InChI=1S/C14H19N3O3S3/c18-13(11-6-9-23(19,20)10-11)16-17-14(21)15-7-8-22-12-4-2-1-3-5-12/h1-5,11H,6-10H2,(H,16,18)(H2,15,17,21)/t11-/m1/s1. The smallest absolute Gasteiger partial charge is 0.242 e. The Kier molecular flexibility index (Phi) is 6.67. The van der Waals surface area contributed by atoms with Crippen LogP contribution in [0.5, 0.6) is 0 Å². The van der Waals surface area contributed by atoms with E-state index in [-0.39, 0.29) is 17.4 Å². The van der Waals surface area contributed by atoms with Crippen LogP contribution in [-0.4, -0.2) is 43.2 Å². The van der Waals surface area contributed by atoms with Crippen molar-refractivity contribution in [3.8, 4) is 0 Å². The number of benzene rings is 1. The maximum absolute atomic E-state index is 11.8. The van der Waals surface area contributed by atoms with Crippen LogP contribution in [0.2, 0.25) is 0 Å². The first kappa shape index (κ1) is 18.0. The van der Waals surface area contributed by atoms with E-state index in [1.165, 1.54) is 4.90 Å². The average molecular weight is 374 g/mol. The second kappa shape index (κ2) is 8.51. The molecule has 126 valence electrons. The Hall–Kier alpha value is -1.32. The van der Waals surface area contributed by atoms with Gasteiger partial charge in [0, 0.05) is 17.2 Å². The summed E-state index contributed by atoms with van der Waals surface area (Å²) < 4.78 is 22.7. The first-order chi connectivity index (χ1) is 11.0. The molecule has 0 radical (unpaired) electrons. The van der Waals surface area contributed by atoms with Crippen molar-refractivity contribution in [1.29, 1.82) is 0 Å². The summed E-state index contributed by atoms with van der Waals surface area (Å²) in [6.45, 7) is 0.652. The highest BCUT2D eigenvalue weighted by Crippen LogP contribution is 2.18. The number of sulfone groups is 1. The number of thiocarbonyl (C=S) groups is 1. The van der Waals surface area contributed by atoms with Crippen LogP contribution in [-0.2, 0) is 14.6 Å². The molecular formula is C14H19N3O3S3. The van der Waals surface area contributed by atoms with Crippen LogP contribution >= 0.6 is 24.0 Å². The number of rotatable bonds is 5. The predicted octanol–water partition coefficient (Wildman–Crippen LogP) is 0.709. The Morgan fingerprint density at radius 3 is 2.65 bits per heavy atom. The molecule has 1 aromatic carbocycles. The summed E-state index contributed by atoms with van der Waals surface area (Å²) in [5, 5.41) is 3.29. The van der Waals surface area contributed by atoms with Crippen molar-refractivity contribution in [2.75, 3.05) is 23.8 Å². The molecule has 1 aliphatic rings. The highest BCUT2D eigenvalue weighted by Gasteiger charge is 2.32. The Labute approximate surface area is 145 Å². The van der Waals surface area contributed by atoms with Gasteiger partial charge in [-0.05, 0) is 30.8 Å². The Morgan fingerprint density at radius 1 is 1.26 bits per heavy atom. The molecule has 0 spiro atoms. The third kappa shape index (κ3) is 6.36. The third-order valence-corrected chi connectivity index (χ3v) is 6.33. The van der Waals surface area contributed by atoms with Gasteiger partial charge >= 0.3 is 0 Å². The minimum Gasteiger partial charge on any atom is -0.361 e. The lowest BCUT2D eigenvalue weighted by atomic mass is 10.1. The van der Waals surface area contributed by atoms with Crippen LogP contribution in [0.3, 0.4) is 0 Å². The zero-order chi connectivity index (χ0) is 16.7. The largest absolute Gasteiger partial charge is 0.361 e. The molecule has 1 aromatic rings. The summed E-state index contributed by atoms with van der Waals surface area (Å²) in [6, 6.07) is 10.0. The monoisotopic (exact) mass is 373 g/mol. The van der Waals surface area contributed by atoms with Gasteiger partial charge in [-0.3, -0.25) is 15.6 Å². The molecule has 0 saturated carbocycles. The summed E-state index contributed by atoms with van der Waals surface area (Å²) in [5.41, 5.74) is 5.06. The zero-order valence-corrected chi connectivity index (χ0v) is 14.9. The SMILES string of the molecule is O=C(NNC(=S)NCCSc1ccccc1)[C@@H]1CCS(=O)(=O)C1. The van der Waals surface area contributed by atoms with Gasteiger partial charge in [0.15, 0.2) is 14.9 Å². The van der Waals surface area contributed by atoms with Crippen molar-refractivity contribution in [3.63, 3.8) is 0 Å². The topological polar surface area (TPSA) is 87.3 Å². The molecule has 3 N–H and O–H groups in total. The van der Waals surface area contributed by atoms with E-state index in [9.17, 15) is 13.2 Å². The first-order valence-electron chi connectivity index (χ1n) is 7.18. The molecule has 0 aromatic heterocycles. The number of nitrogens with one attached hydrogen (secondary N) is 3. The number of hydrogen-bond acceptors (Lipinski definition) is 5. The first-order valence-corrected chi connectivity index (χ1v) is 10.4. The van der Waals surface area contributed by atoms with Crippen LogP contribution in [0.25, 0.3) is 0 Å². The van der Waals surface area contributed by atoms with Crippen LogP contribution in [0, 0.1) is 5.92 Å². The van der Waals surface area contributed by atoms with Gasteiger partial charge in [0.25, 0.3) is 0 Å². The van der Waals surface area contributed by atoms with Gasteiger partial charge in [0.2, 0.25) is 5.91 Å². The number of hydrazine groups is 1. The summed E-state index contributed by atoms with van der Waals surface area (Å²) in [7, 11) is -3.06. The summed E-state index contributed by atoms with van der Waals surface area (Å²) in [6.07, 6.45) is 0.365. The van der Waals surface area contributed by atoms with E-state index in [4.69, 9.17) is 12.2 Å². The molecular weight excluding hydrogens is 354 g/mol. The van der Waals surface area contributed by atoms with Crippen LogP contribution < -0.4 is 16.2 Å². The van der Waals surface area contributed by atoms with E-state index in [2.05, 4.69) is 16.2 Å². The van der Waals surface area contributed by atoms with E-state index in [1.54, 1.807) is 11.8 Å². The Bertz CT molecular complexity index is 650. The lowest BCUT2D eigenvalue weighted by Gasteiger charge is -2.13. The molecule has 1 heterocycles. The Balaban J connectivity index is 1.59. The molecule has 1 atom stereocenters. The molecule has 6 nitrogen and oxygen atoms in total. The van der Waals surface area contributed by atoms with E-state index in [0.717, 1.165) is 5.75 Å². The van der Waals surface area contributed by atoms with Gasteiger partial charge in [-0.2, -0.15) is 0 Å². The van der Waals surface area contributed by atoms with Crippen molar-refractivity contribution < 1.29 is 13.2 Å². The van der Waals surface area contributed by atoms with Gasteiger partial charge in [-0.25, -0.2) is 8.42 Å². The number of thioether (sulfide) groups is 1. The fourth-order valence-electron chi connectivity index (χ4n) is 2.12. The van der Waals surface area contributed by atoms with Crippen molar-refractivity contribution in [2.45, 2.75) is 11.3 Å². The fourth-order valence-corrected chi connectivity index (χ4v) is 4.80. The van der Waals surface area contributed by atoms with Gasteiger partial charge in [0.05, 0.1) is 17.4 Å². The van der Waals surface area contributed by atoms with Gasteiger partial charge in [-0.1, -0.05) is 18.2 Å². The summed E-state index contributed by atoms with van der Waals surface area (Å²) >= 11 is 6.76. The number of carbonyl (C=O) groups excluding carboxylic acids is 1. The molecule has 9 heteroatoms. The van der Waals surface area contributed by atoms with E-state index in [1.807, 2.05) is 30.3 Å². The lowest BCUT2D eigenvalue weighted by molar-refractivity contribution is -0.124. The molecule has 1 fully saturated rings. The molecule has 1 saturated heterocycles. The quantitative estimate of drug-likeness (QED) is 0.303. The second-order valence-corrected chi connectivity index (χ2v) is 8.94. The van der Waals surface area contributed by atoms with Crippen LogP contribution in [0.15, 0.2) is 35.2 Å². The van der Waals surface area contributed by atoms with Crippen LogP contribution in [0.4, 0.5) is 0 Å². The van der Waals surface area contributed by atoms with Gasteiger partial charge in [0.1, 0.15) is 0 Å². The molecule has 1 amide bonds. The highest BCUT2D eigenvalue weighted by molar-refractivity contribution is 7.99. The normalized spacial score (nSPS) is 19.0. The number of carbonyl (C=O) groups is 1. The maximum Gasteiger partial charge on any atom is 0.242 e. The van der Waals surface area contributed by atoms with Crippen molar-refractivity contribution in [2.24, 2.45) is 5.92 Å². The molecule has 1 aliphatic heterocycles. The summed E-state index contributed by atoms with van der Waals surface area (Å²) in [5.74, 6) is -0.0163. The molecule has 0 unspecified atom stereocenters. The van der Waals surface area contributed by atoms with Crippen molar-refractivity contribution in [3.05, 3.63) is 30.3 Å². The van der Waals surface area contributed by atoms with Gasteiger partial charge in [-0.15, -0.1) is 11.8 Å². The minimum atomic E-state index is -3.06. The Morgan fingerprint density at radius 2 is 2.00 bits per heavy atom. The van der Waals surface area contributed by atoms with E-state index in [0.29, 0.717) is 18.1 Å². The highest BCUT2D eigenvalue weighted by atomic mass is 32.2. The van der Waals surface area contributed by atoms with E-state index < -0.39 is 15.8 Å². The predicted molar refractivity (Wildman–Crippen MR) is 95.8 cm³/mol. The molecule has 0 aliphatic carbocycles. The minimum absolute atomic E-state index is 0.0739. The molecule has 23 heavy (non-hydrogen) atoms. The number of hydrogen-bond donors (Lipinski definition) is 3. The second-order valence-electron chi connectivity index (χ2n) is 5.13. The average Bonchev–Trinajstić information content (AvgIpc) is 2.90.